The van der Waals surface area contributed by atoms with Crippen LogP contribution < -0.4 is 10.1 Å². The number of hydrogen-bond acceptors (Lipinski definition) is 8. The van der Waals surface area contributed by atoms with Gasteiger partial charge in [0.15, 0.2) is 0 Å². The molecule has 1 aromatic heterocycles. The van der Waals surface area contributed by atoms with Crippen molar-refractivity contribution in [2.75, 3.05) is 32.1 Å². The average Bonchev–Trinajstić information content (AvgIpc) is 3.41. The first kappa shape index (κ1) is 27.2. The SMILES string of the molecule is C[C@H]1CN([C@@H](C)CO)C(=O)Cc2cc(NC(=O)Cn3cnnn3)ccc2O[C@H]1CN(C)Cc1ccccc1. The van der Waals surface area contributed by atoms with Crippen LogP contribution >= 0.6 is 0 Å². The maximum Gasteiger partial charge on any atom is 0.246 e. The Hall–Kier alpha value is -3.83. The Morgan fingerprint density at radius 3 is 2.76 bits per heavy atom. The highest BCUT2D eigenvalue weighted by atomic mass is 16.5. The highest BCUT2D eigenvalue weighted by Gasteiger charge is 2.31. The molecule has 202 valence electrons. The standard InChI is InChI=1S/C27H35N7O4/c1-19-13-34(20(2)17-35)27(37)12-22-11-23(29-26(36)16-33-18-28-30-31-33)9-10-24(22)38-25(19)15-32(3)14-21-7-5-4-6-8-21/h4-11,18-20,25,35H,12-17H2,1-3H3,(H,29,36)/t19-,20-,25-/m0/s1. The van der Waals surface area contributed by atoms with E-state index in [0.717, 1.165) is 6.54 Å². The molecule has 2 heterocycles. The third-order valence-corrected chi connectivity index (χ3v) is 6.68. The van der Waals surface area contributed by atoms with Crippen molar-refractivity contribution < 1.29 is 19.4 Å². The van der Waals surface area contributed by atoms with E-state index in [1.807, 2.05) is 25.1 Å². The van der Waals surface area contributed by atoms with E-state index in [9.17, 15) is 14.7 Å². The molecule has 0 aliphatic carbocycles. The van der Waals surface area contributed by atoms with Gasteiger partial charge in [-0.05, 0) is 48.2 Å². The zero-order chi connectivity index (χ0) is 27.1. The van der Waals surface area contributed by atoms with Gasteiger partial charge in [0.2, 0.25) is 11.8 Å². The molecule has 2 aromatic carbocycles. The Morgan fingerprint density at radius 2 is 2.05 bits per heavy atom. The number of hydrogen-bond donors (Lipinski definition) is 2. The highest BCUT2D eigenvalue weighted by molar-refractivity contribution is 5.91. The maximum atomic E-state index is 13.4. The number of anilines is 1. The van der Waals surface area contributed by atoms with Crippen molar-refractivity contribution in [1.82, 2.24) is 30.0 Å². The van der Waals surface area contributed by atoms with Crippen molar-refractivity contribution in [3.05, 3.63) is 66.0 Å². The van der Waals surface area contributed by atoms with Gasteiger partial charge in [-0.25, -0.2) is 4.68 Å². The Labute approximate surface area is 222 Å². The predicted molar refractivity (Wildman–Crippen MR) is 141 cm³/mol. The second-order valence-electron chi connectivity index (χ2n) is 9.95. The van der Waals surface area contributed by atoms with Gasteiger partial charge >= 0.3 is 0 Å². The van der Waals surface area contributed by atoms with Crippen molar-refractivity contribution in [2.45, 2.75) is 45.5 Å². The van der Waals surface area contributed by atoms with Crippen molar-refractivity contribution in [1.29, 1.82) is 0 Å². The van der Waals surface area contributed by atoms with E-state index in [0.29, 0.717) is 30.1 Å². The molecule has 38 heavy (non-hydrogen) atoms. The van der Waals surface area contributed by atoms with Gasteiger partial charge in [-0.1, -0.05) is 37.3 Å². The summed E-state index contributed by atoms with van der Waals surface area (Å²) >= 11 is 0. The zero-order valence-electron chi connectivity index (χ0n) is 22.0. The molecule has 0 fully saturated rings. The molecular weight excluding hydrogens is 486 g/mol. The summed E-state index contributed by atoms with van der Waals surface area (Å²) in [4.78, 5) is 29.8. The van der Waals surface area contributed by atoms with Crippen LogP contribution in [-0.2, 0) is 29.1 Å². The summed E-state index contributed by atoms with van der Waals surface area (Å²) in [6, 6.07) is 15.3. The predicted octanol–water partition coefficient (Wildman–Crippen LogP) is 1.59. The molecule has 3 aromatic rings. The van der Waals surface area contributed by atoms with Crippen LogP contribution in [0.2, 0.25) is 0 Å². The number of likely N-dealkylation sites (N-methyl/N-ethyl adjacent to an activating group) is 1. The molecule has 0 saturated heterocycles. The number of ether oxygens (including phenoxy) is 1. The number of tetrazole rings is 1. The summed E-state index contributed by atoms with van der Waals surface area (Å²) in [6.45, 7) is 5.64. The van der Waals surface area contributed by atoms with E-state index < -0.39 is 0 Å². The normalized spacial score (nSPS) is 18.7. The van der Waals surface area contributed by atoms with E-state index in [1.54, 1.807) is 23.1 Å². The van der Waals surface area contributed by atoms with Gasteiger partial charge < -0.3 is 20.1 Å². The van der Waals surface area contributed by atoms with Crippen molar-refractivity contribution >= 4 is 17.5 Å². The largest absolute Gasteiger partial charge is 0.488 e. The lowest BCUT2D eigenvalue weighted by Crippen LogP contribution is -2.47. The summed E-state index contributed by atoms with van der Waals surface area (Å²) in [5, 5.41) is 23.5. The van der Waals surface area contributed by atoms with Gasteiger partial charge in [0.25, 0.3) is 0 Å². The Kier molecular flexibility index (Phi) is 9.03. The number of fused-ring (bicyclic) bond motifs is 1. The molecule has 0 saturated carbocycles. The second kappa shape index (κ2) is 12.6. The lowest BCUT2D eigenvalue weighted by atomic mass is 10.0. The summed E-state index contributed by atoms with van der Waals surface area (Å²) in [6.07, 6.45) is 1.25. The number of aromatic nitrogens is 4. The minimum atomic E-state index is -0.326. The summed E-state index contributed by atoms with van der Waals surface area (Å²) in [5.74, 6) is 0.226. The molecule has 0 bridgehead atoms. The molecule has 11 heteroatoms. The van der Waals surface area contributed by atoms with E-state index in [1.165, 1.54) is 16.6 Å². The Bertz CT molecular complexity index is 1210. The fraction of sp³-hybridized carbons (Fsp3) is 0.444. The third-order valence-electron chi connectivity index (χ3n) is 6.68. The Morgan fingerprint density at radius 1 is 1.26 bits per heavy atom. The van der Waals surface area contributed by atoms with E-state index >= 15 is 0 Å². The first-order valence-corrected chi connectivity index (χ1v) is 12.8. The van der Waals surface area contributed by atoms with Gasteiger partial charge in [-0.15, -0.1) is 5.10 Å². The van der Waals surface area contributed by atoms with Crippen LogP contribution in [0.25, 0.3) is 0 Å². The number of aliphatic hydroxyl groups is 1. The third kappa shape index (κ3) is 7.14. The molecular formula is C27H35N7O4. The van der Waals surface area contributed by atoms with Crippen molar-refractivity contribution in [3.63, 3.8) is 0 Å². The summed E-state index contributed by atoms with van der Waals surface area (Å²) in [7, 11) is 2.05. The molecule has 1 aliphatic rings. The molecule has 2 amide bonds. The molecule has 1 aliphatic heterocycles. The number of nitrogens with one attached hydrogen (secondary N) is 1. The average molecular weight is 522 g/mol. The monoisotopic (exact) mass is 521 g/mol. The second-order valence-corrected chi connectivity index (χ2v) is 9.95. The van der Waals surface area contributed by atoms with Gasteiger partial charge in [0.05, 0.1) is 19.1 Å². The molecule has 0 spiro atoms. The van der Waals surface area contributed by atoms with Gasteiger partial charge in [0, 0.05) is 36.8 Å². The molecule has 11 nitrogen and oxygen atoms in total. The van der Waals surface area contributed by atoms with Crippen LogP contribution in [-0.4, -0.2) is 85.8 Å². The summed E-state index contributed by atoms with van der Waals surface area (Å²) in [5.41, 5.74) is 2.43. The molecule has 4 rings (SSSR count). The van der Waals surface area contributed by atoms with Crippen LogP contribution in [0.5, 0.6) is 5.75 Å². The van der Waals surface area contributed by atoms with Crippen LogP contribution in [0, 0.1) is 5.92 Å². The van der Waals surface area contributed by atoms with E-state index in [4.69, 9.17) is 4.74 Å². The fourth-order valence-electron chi connectivity index (χ4n) is 4.59. The topological polar surface area (TPSA) is 126 Å². The number of amides is 2. The quantitative estimate of drug-likeness (QED) is 0.435. The highest BCUT2D eigenvalue weighted by Crippen LogP contribution is 2.29. The number of benzene rings is 2. The van der Waals surface area contributed by atoms with Crippen molar-refractivity contribution in [3.8, 4) is 5.75 Å². The zero-order valence-corrected chi connectivity index (χ0v) is 22.0. The lowest BCUT2D eigenvalue weighted by molar-refractivity contribution is -0.134. The first-order valence-electron chi connectivity index (χ1n) is 12.8. The number of aliphatic hydroxyl groups excluding tert-OH is 1. The minimum absolute atomic E-state index is 0.00722. The van der Waals surface area contributed by atoms with Gasteiger partial charge in [-0.2, -0.15) is 0 Å². The number of carbonyl (C=O) groups is 2. The molecule has 2 N–H and O–H groups in total. The van der Waals surface area contributed by atoms with Crippen LogP contribution in [0.15, 0.2) is 54.9 Å². The Balaban J connectivity index is 1.57. The first-order chi connectivity index (χ1) is 18.3. The van der Waals surface area contributed by atoms with Crippen LogP contribution in [0.3, 0.4) is 0 Å². The smallest absolute Gasteiger partial charge is 0.246 e. The molecule has 0 radical (unpaired) electrons. The van der Waals surface area contributed by atoms with Gasteiger partial charge in [0.1, 0.15) is 24.7 Å². The molecule has 3 atom stereocenters. The van der Waals surface area contributed by atoms with Gasteiger partial charge in [-0.3, -0.25) is 14.5 Å². The van der Waals surface area contributed by atoms with E-state index in [2.05, 4.69) is 51.8 Å². The summed E-state index contributed by atoms with van der Waals surface area (Å²) < 4.78 is 7.89. The minimum Gasteiger partial charge on any atom is -0.488 e. The van der Waals surface area contributed by atoms with E-state index in [-0.39, 0.29) is 49.5 Å². The number of nitrogens with zero attached hydrogens (tertiary/aromatic N) is 6. The maximum absolute atomic E-state index is 13.4. The fourth-order valence-corrected chi connectivity index (χ4v) is 4.59. The number of rotatable bonds is 9. The number of carbonyl (C=O) groups excluding carboxylic acids is 2. The van der Waals surface area contributed by atoms with Crippen LogP contribution in [0.4, 0.5) is 5.69 Å². The van der Waals surface area contributed by atoms with Crippen molar-refractivity contribution in [2.24, 2.45) is 5.92 Å². The van der Waals surface area contributed by atoms with Crippen LogP contribution in [0.1, 0.15) is 25.0 Å². The molecule has 0 unspecified atom stereocenters. The lowest BCUT2D eigenvalue weighted by Gasteiger charge is -2.34.